The van der Waals surface area contributed by atoms with Gasteiger partial charge >= 0.3 is 5.97 Å². The molecule has 0 saturated carbocycles. The average Bonchev–Trinajstić information content (AvgIpc) is 3.09. The number of benzene rings is 2. The van der Waals surface area contributed by atoms with Crippen LogP contribution in [0.3, 0.4) is 0 Å². The second-order valence-corrected chi connectivity index (χ2v) is 7.56. The Balaban J connectivity index is 1.82. The number of para-hydroxylation sites is 1. The summed E-state index contributed by atoms with van der Waals surface area (Å²) in [6.45, 7) is 7.56. The van der Waals surface area contributed by atoms with Crippen molar-refractivity contribution in [2.45, 2.75) is 39.5 Å². The molecule has 0 atom stereocenters. The molecule has 0 unspecified atom stereocenters. The van der Waals surface area contributed by atoms with Crippen molar-refractivity contribution in [1.29, 1.82) is 0 Å². The molecule has 28 heavy (non-hydrogen) atoms. The van der Waals surface area contributed by atoms with E-state index in [1.807, 2.05) is 58.0 Å². The van der Waals surface area contributed by atoms with Crippen molar-refractivity contribution in [1.82, 2.24) is 4.98 Å². The summed E-state index contributed by atoms with van der Waals surface area (Å²) >= 11 is 0. The third-order valence-corrected chi connectivity index (χ3v) is 4.89. The van der Waals surface area contributed by atoms with Gasteiger partial charge in [-0.15, -0.1) is 0 Å². The van der Waals surface area contributed by atoms with Crippen LogP contribution in [-0.2, 0) is 4.74 Å². The summed E-state index contributed by atoms with van der Waals surface area (Å²) in [7, 11) is 0. The lowest BCUT2D eigenvalue weighted by Crippen LogP contribution is -2.15. The molecule has 0 aliphatic heterocycles. The maximum absolute atomic E-state index is 12.6. The normalized spacial score (nSPS) is 11.4. The molecule has 0 fully saturated rings. The van der Waals surface area contributed by atoms with E-state index in [1.165, 1.54) is 0 Å². The molecule has 1 aromatic heterocycles. The van der Waals surface area contributed by atoms with Crippen LogP contribution >= 0.6 is 0 Å². The van der Waals surface area contributed by atoms with E-state index in [0.717, 1.165) is 16.5 Å². The predicted octanol–water partition coefficient (Wildman–Crippen LogP) is 5.16. The number of aromatic hydroxyl groups is 1. The van der Waals surface area contributed by atoms with E-state index in [2.05, 4.69) is 4.98 Å². The van der Waals surface area contributed by atoms with Crippen molar-refractivity contribution >= 4 is 22.7 Å². The van der Waals surface area contributed by atoms with Crippen molar-refractivity contribution in [3.8, 4) is 5.75 Å². The molecule has 5 nitrogen and oxygen atoms in total. The minimum atomic E-state index is -0.699. The van der Waals surface area contributed by atoms with Crippen molar-refractivity contribution in [3.63, 3.8) is 0 Å². The quantitative estimate of drug-likeness (QED) is 0.458. The van der Waals surface area contributed by atoms with Crippen LogP contribution in [0.5, 0.6) is 5.75 Å². The van der Waals surface area contributed by atoms with Gasteiger partial charge in [0, 0.05) is 22.7 Å². The fourth-order valence-corrected chi connectivity index (χ4v) is 3.20. The van der Waals surface area contributed by atoms with E-state index in [-0.39, 0.29) is 35.5 Å². The number of hydrogen-bond acceptors (Lipinski definition) is 4. The van der Waals surface area contributed by atoms with Crippen LogP contribution in [0, 0.1) is 0 Å². The van der Waals surface area contributed by atoms with Crippen LogP contribution < -0.4 is 0 Å². The number of nitrogens with one attached hydrogen (secondary N) is 1. The van der Waals surface area contributed by atoms with E-state index in [0.29, 0.717) is 11.1 Å². The predicted molar refractivity (Wildman–Crippen MR) is 109 cm³/mol. The van der Waals surface area contributed by atoms with Crippen LogP contribution in [0.15, 0.2) is 42.6 Å². The smallest absolute Gasteiger partial charge is 0.342 e. The highest BCUT2D eigenvalue weighted by Crippen LogP contribution is 2.33. The summed E-state index contributed by atoms with van der Waals surface area (Å²) in [5.74, 6) is -0.830. The van der Waals surface area contributed by atoms with Crippen LogP contribution in [0.25, 0.3) is 10.9 Å². The molecule has 0 amide bonds. The van der Waals surface area contributed by atoms with Crippen LogP contribution in [0.4, 0.5) is 0 Å². The lowest BCUT2D eigenvalue weighted by atomic mass is 9.92. The molecular weight excluding hydrogens is 354 g/mol. The number of aromatic nitrogens is 1. The molecule has 0 spiro atoms. The minimum Gasteiger partial charge on any atom is -0.507 e. The van der Waals surface area contributed by atoms with Crippen LogP contribution in [0.1, 0.15) is 71.4 Å². The topological polar surface area (TPSA) is 79.4 Å². The van der Waals surface area contributed by atoms with Crippen LogP contribution in [0.2, 0.25) is 0 Å². The second-order valence-electron chi connectivity index (χ2n) is 7.56. The average molecular weight is 379 g/mol. The Bertz CT molecular complexity index is 1030. The zero-order valence-corrected chi connectivity index (χ0v) is 16.6. The fourth-order valence-electron chi connectivity index (χ4n) is 3.20. The first-order chi connectivity index (χ1) is 13.3. The maximum Gasteiger partial charge on any atom is 0.342 e. The number of phenolic OH excluding ortho intramolecular Hbond substituents is 1. The highest BCUT2D eigenvalue weighted by atomic mass is 16.5. The highest BCUT2D eigenvalue weighted by Gasteiger charge is 2.22. The number of carbonyl (C=O) groups is 2. The van der Waals surface area contributed by atoms with E-state index in [1.54, 1.807) is 12.3 Å². The fraction of sp³-hybridized carbons (Fsp3) is 0.304. The summed E-state index contributed by atoms with van der Waals surface area (Å²) in [4.78, 5) is 28.2. The van der Waals surface area contributed by atoms with Gasteiger partial charge in [0.05, 0.1) is 0 Å². The molecule has 2 N–H and O–H groups in total. The Hall–Kier alpha value is -3.08. The lowest BCUT2D eigenvalue weighted by molar-refractivity contribution is 0.0472. The number of phenols is 1. The van der Waals surface area contributed by atoms with Crippen molar-refractivity contribution < 1.29 is 19.4 Å². The number of fused-ring (bicyclic) bond motifs is 1. The molecule has 0 aliphatic rings. The van der Waals surface area contributed by atoms with Gasteiger partial charge in [-0.3, -0.25) is 4.79 Å². The molecule has 146 valence electrons. The van der Waals surface area contributed by atoms with Gasteiger partial charge in [0.25, 0.3) is 0 Å². The Labute approximate surface area is 164 Å². The number of ketones is 1. The number of esters is 1. The van der Waals surface area contributed by atoms with Gasteiger partial charge < -0.3 is 14.8 Å². The highest BCUT2D eigenvalue weighted by molar-refractivity contribution is 6.09. The summed E-state index contributed by atoms with van der Waals surface area (Å²) in [6.07, 6.45) is 1.62. The summed E-state index contributed by atoms with van der Waals surface area (Å²) in [6, 6.07) is 11.0. The van der Waals surface area contributed by atoms with Gasteiger partial charge in [0.2, 0.25) is 5.78 Å². The van der Waals surface area contributed by atoms with Crippen molar-refractivity contribution in [2.24, 2.45) is 0 Å². The number of Topliss-reactive ketones (excluding diaryl/α,β-unsaturated/α-hetero) is 1. The number of hydrogen-bond donors (Lipinski definition) is 2. The molecule has 3 aromatic rings. The summed E-state index contributed by atoms with van der Waals surface area (Å²) in [5, 5.41) is 11.3. The molecule has 0 bridgehead atoms. The largest absolute Gasteiger partial charge is 0.507 e. The first kappa shape index (κ1) is 19.7. The summed E-state index contributed by atoms with van der Waals surface area (Å²) in [5.41, 5.74) is 3.06. The molecular formula is C23H25NO4. The Morgan fingerprint density at radius 1 is 1.04 bits per heavy atom. The molecule has 0 radical (unpaired) electrons. The monoisotopic (exact) mass is 379 g/mol. The van der Waals surface area contributed by atoms with Gasteiger partial charge in [-0.2, -0.15) is 0 Å². The number of carbonyl (C=O) groups excluding carboxylic acids is 2. The van der Waals surface area contributed by atoms with Gasteiger partial charge in [-0.1, -0.05) is 52.0 Å². The van der Waals surface area contributed by atoms with E-state index >= 15 is 0 Å². The van der Waals surface area contributed by atoms with E-state index in [4.69, 9.17) is 4.74 Å². The standard InChI is InChI=1S/C23H25NO4/c1-13(2)15-9-17(14(3)4)22(26)18(10-15)23(27)28-12-21(25)19-11-24-20-8-6-5-7-16(19)20/h5-11,13-14,24,26H,12H2,1-4H3. The number of H-pyrrole nitrogens is 1. The summed E-state index contributed by atoms with van der Waals surface area (Å²) < 4.78 is 5.25. The zero-order chi connectivity index (χ0) is 20.4. The number of aromatic amines is 1. The second kappa shape index (κ2) is 7.89. The molecule has 5 heteroatoms. The molecule has 0 saturated heterocycles. The van der Waals surface area contributed by atoms with Gasteiger partial charge in [-0.25, -0.2) is 4.79 Å². The first-order valence-corrected chi connectivity index (χ1v) is 9.42. The number of ether oxygens (including phenoxy) is 1. The Morgan fingerprint density at radius 3 is 2.43 bits per heavy atom. The van der Waals surface area contributed by atoms with Gasteiger partial charge in [-0.05, 0) is 35.1 Å². The Kier molecular flexibility index (Phi) is 5.54. The van der Waals surface area contributed by atoms with Gasteiger partial charge in [0.1, 0.15) is 11.3 Å². The Morgan fingerprint density at radius 2 is 1.75 bits per heavy atom. The van der Waals surface area contributed by atoms with E-state index < -0.39 is 5.97 Å². The lowest BCUT2D eigenvalue weighted by Gasteiger charge is -2.16. The van der Waals surface area contributed by atoms with Crippen molar-refractivity contribution in [3.05, 3.63) is 64.8 Å². The third-order valence-electron chi connectivity index (χ3n) is 4.89. The number of rotatable bonds is 6. The van der Waals surface area contributed by atoms with Gasteiger partial charge in [0.15, 0.2) is 6.61 Å². The third kappa shape index (κ3) is 3.79. The van der Waals surface area contributed by atoms with Crippen molar-refractivity contribution in [2.75, 3.05) is 6.61 Å². The SMILES string of the molecule is CC(C)c1cc(C(=O)OCC(=O)c2c[nH]c3ccccc23)c(O)c(C(C)C)c1. The minimum absolute atomic E-state index is 0.0538. The zero-order valence-electron chi connectivity index (χ0n) is 16.6. The first-order valence-electron chi connectivity index (χ1n) is 9.42. The molecule has 2 aromatic carbocycles. The molecule has 0 aliphatic carbocycles. The van der Waals surface area contributed by atoms with E-state index in [9.17, 15) is 14.7 Å². The maximum atomic E-state index is 12.6. The van der Waals surface area contributed by atoms with Crippen LogP contribution in [-0.4, -0.2) is 28.4 Å². The molecule has 1 heterocycles. The molecule has 3 rings (SSSR count).